The quantitative estimate of drug-likeness (QED) is 0.239. The van der Waals surface area contributed by atoms with Gasteiger partial charge in [0.25, 0.3) is 5.56 Å². The van der Waals surface area contributed by atoms with Gasteiger partial charge in [-0.2, -0.15) is 9.78 Å². The molecule has 0 radical (unpaired) electrons. The number of piperidine rings is 1. The lowest BCUT2D eigenvalue weighted by molar-refractivity contribution is 0.574. The molecular formula is C28H22BrFN4O2. The van der Waals surface area contributed by atoms with Crippen molar-refractivity contribution < 1.29 is 8.81 Å². The van der Waals surface area contributed by atoms with Gasteiger partial charge in [0.05, 0.1) is 17.1 Å². The normalized spacial score (nSPS) is 14.3. The Morgan fingerprint density at radius 1 is 1.00 bits per heavy atom. The number of aromatic nitrogens is 2. The second kappa shape index (κ2) is 9.35. The lowest BCUT2D eigenvalue weighted by atomic mass is 10.1. The Balaban J connectivity index is 1.44. The highest BCUT2D eigenvalue weighted by Gasteiger charge is 2.17. The molecule has 1 fully saturated rings. The summed E-state index contributed by atoms with van der Waals surface area (Å²) in [5, 5.41) is 5.66. The highest BCUT2D eigenvalue weighted by atomic mass is 79.9. The number of fused-ring (bicyclic) bond motifs is 2. The molecule has 0 bridgehead atoms. The number of rotatable bonds is 4. The van der Waals surface area contributed by atoms with Crippen LogP contribution in [-0.2, 0) is 0 Å². The van der Waals surface area contributed by atoms with E-state index in [1.165, 1.54) is 23.4 Å². The average molecular weight is 545 g/mol. The van der Waals surface area contributed by atoms with Crippen LogP contribution >= 0.6 is 15.9 Å². The first-order valence-electron chi connectivity index (χ1n) is 11.9. The molecule has 6 nitrogen and oxygen atoms in total. The first-order chi connectivity index (χ1) is 17.6. The van der Waals surface area contributed by atoms with Crippen molar-refractivity contribution in [3.8, 4) is 11.6 Å². The molecule has 3 heterocycles. The molecule has 2 aromatic heterocycles. The topological polar surface area (TPSA) is 63.6 Å². The molecule has 36 heavy (non-hydrogen) atoms. The minimum Gasteiger partial charge on any atom is -0.453 e. The second-order valence-corrected chi connectivity index (χ2v) is 9.78. The lowest BCUT2D eigenvalue weighted by Gasteiger charge is -2.28. The summed E-state index contributed by atoms with van der Waals surface area (Å²) in [5.41, 5.74) is 1.98. The molecule has 1 saturated heterocycles. The lowest BCUT2D eigenvalue weighted by Crippen LogP contribution is -2.29. The Bertz CT molecular complexity index is 1680. The van der Waals surface area contributed by atoms with Gasteiger partial charge >= 0.3 is 0 Å². The SMILES string of the molecule is O=c1c2ccccc2nc(-c2cc3cc(Br)ccc3o2)n1N=Cc1ccc(N2CCCCC2)cc1F. The summed E-state index contributed by atoms with van der Waals surface area (Å²) in [6.45, 7) is 1.87. The van der Waals surface area contributed by atoms with Gasteiger partial charge in [0.1, 0.15) is 11.4 Å². The number of halogens is 2. The molecular weight excluding hydrogens is 523 g/mol. The van der Waals surface area contributed by atoms with Gasteiger partial charge in [0, 0.05) is 34.2 Å². The third kappa shape index (κ3) is 4.22. The molecule has 0 aliphatic carbocycles. The smallest absolute Gasteiger partial charge is 0.282 e. The summed E-state index contributed by atoms with van der Waals surface area (Å²) in [6, 6.07) is 19.7. The number of hydrogen-bond acceptors (Lipinski definition) is 5. The van der Waals surface area contributed by atoms with Gasteiger partial charge in [-0.25, -0.2) is 9.37 Å². The molecule has 3 aromatic carbocycles. The van der Waals surface area contributed by atoms with Crippen molar-refractivity contribution in [3.05, 3.63) is 92.9 Å². The Morgan fingerprint density at radius 2 is 1.83 bits per heavy atom. The van der Waals surface area contributed by atoms with E-state index in [-0.39, 0.29) is 16.9 Å². The van der Waals surface area contributed by atoms with E-state index in [4.69, 9.17) is 4.42 Å². The highest BCUT2D eigenvalue weighted by Crippen LogP contribution is 2.29. The standard InChI is InChI=1S/C28H22BrFN4O2/c29-20-9-11-25-19(14-20)15-26(36-25)27-32-24-7-3-2-6-22(24)28(35)34(27)31-17-18-8-10-21(16-23(18)30)33-12-4-1-5-13-33/h2-3,6-11,14-17H,1,4-5,12-13H2. The van der Waals surface area contributed by atoms with Crippen LogP contribution in [0, 0.1) is 5.82 Å². The maximum Gasteiger partial charge on any atom is 0.282 e. The molecule has 6 rings (SSSR count). The zero-order chi connectivity index (χ0) is 24.6. The van der Waals surface area contributed by atoms with Crippen molar-refractivity contribution in [2.24, 2.45) is 5.10 Å². The number of anilines is 1. The van der Waals surface area contributed by atoms with Gasteiger partial charge in [-0.05, 0) is 73.9 Å². The molecule has 180 valence electrons. The third-order valence-corrected chi connectivity index (χ3v) is 6.96. The van der Waals surface area contributed by atoms with Crippen molar-refractivity contribution in [2.75, 3.05) is 18.0 Å². The van der Waals surface area contributed by atoms with Crippen molar-refractivity contribution in [2.45, 2.75) is 19.3 Å². The van der Waals surface area contributed by atoms with Crippen molar-refractivity contribution in [1.29, 1.82) is 0 Å². The van der Waals surface area contributed by atoms with E-state index in [2.05, 4.69) is 30.9 Å². The molecule has 1 aliphatic rings. The first kappa shape index (κ1) is 22.7. The van der Waals surface area contributed by atoms with Gasteiger partial charge in [0.15, 0.2) is 5.76 Å². The molecule has 0 saturated carbocycles. The molecule has 5 aromatic rings. The van der Waals surface area contributed by atoms with Crippen molar-refractivity contribution in [1.82, 2.24) is 9.66 Å². The van der Waals surface area contributed by atoms with Crippen LogP contribution in [0.5, 0.6) is 0 Å². The number of para-hydroxylation sites is 1. The van der Waals surface area contributed by atoms with Crippen LogP contribution < -0.4 is 10.5 Å². The summed E-state index contributed by atoms with van der Waals surface area (Å²) in [5.74, 6) is 0.246. The van der Waals surface area contributed by atoms with E-state index in [0.717, 1.165) is 41.5 Å². The maximum absolute atomic E-state index is 15.0. The zero-order valence-electron chi connectivity index (χ0n) is 19.3. The molecule has 0 spiro atoms. The monoisotopic (exact) mass is 544 g/mol. The molecule has 8 heteroatoms. The summed E-state index contributed by atoms with van der Waals surface area (Å²) in [4.78, 5) is 20.3. The number of furan rings is 1. The van der Waals surface area contributed by atoms with Crippen LogP contribution in [0.15, 0.2) is 85.5 Å². The largest absolute Gasteiger partial charge is 0.453 e. The predicted molar refractivity (Wildman–Crippen MR) is 144 cm³/mol. The Kier molecular flexibility index (Phi) is 5.89. The van der Waals surface area contributed by atoms with E-state index >= 15 is 4.39 Å². The fraction of sp³-hybridized carbons (Fsp3) is 0.179. The molecule has 0 unspecified atom stereocenters. The van der Waals surface area contributed by atoms with Gasteiger partial charge in [0.2, 0.25) is 5.82 Å². The number of benzene rings is 3. The fourth-order valence-electron chi connectivity index (χ4n) is 4.60. The molecule has 1 aliphatic heterocycles. The summed E-state index contributed by atoms with van der Waals surface area (Å²) < 4.78 is 23.1. The average Bonchev–Trinajstić information content (AvgIpc) is 3.32. The van der Waals surface area contributed by atoms with Crippen LogP contribution in [0.1, 0.15) is 24.8 Å². The van der Waals surface area contributed by atoms with E-state index in [1.807, 2.05) is 36.4 Å². The van der Waals surface area contributed by atoms with Gasteiger partial charge < -0.3 is 9.32 Å². The van der Waals surface area contributed by atoms with E-state index in [0.29, 0.717) is 22.2 Å². The number of nitrogens with zero attached hydrogens (tertiary/aromatic N) is 4. The fourth-order valence-corrected chi connectivity index (χ4v) is 4.98. The summed E-state index contributed by atoms with van der Waals surface area (Å²) >= 11 is 3.47. The van der Waals surface area contributed by atoms with Crippen molar-refractivity contribution in [3.63, 3.8) is 0 Å². The summed E-state index contributed by atoms with van der Waals surface area (Å²) in [6.07, 6.45) is 4.80. The Hall–Kier alpha value is -3.78. The predicted octanol–water partition coefficient (Wildman–Crippen LogP) is 6.58. The minimum atomic E-state index is -0.390. The molecule has 0 N–H and O–H groups in total. The van der Waals surface area contributed by atoms with Crippen LogP contribution in [0.3, 0.4) is 0 Å². The van der Waals surface area contributed by atoms with E-state index in [1.54, 1.807) is 24.3 Å². The van der Waals surface area contributed by atoms with Crippen molar-refractivity contribution >= 4 is 49.7 Å². The van der Waals surface area contributed by atoms with Gasteiger partial charge in [-0.15, -0.1) is 0 Å². The van der Waals surface area contributed by atoms with Gasteiger partial charge in [-0.1, -0.05) is 28.1 Å². The third-order valence-electron chi connectivity index (χ3n) is 6.47. The van der Waals surface area contributed by atoms with Crippen LogP contribution in [-0.4, -0.2) is 29.0 Å². The second-order valence-electron chi connectivity index (χ2n) is 8.86. The van der Waals surface area contributed by atoms with E-state index < -0.39 is 5.82 Å². The summed E-state index contributed by atoms with van der Waals surface area (Å²) in [7, 11) is 0. The van der Waals surface area contributed by atoms with E-state index in [9.17, 15) is 4.79 Å². The molecule has 0 amide bonds. The maximum atomic E-state index is 15.0. The highest BCUT2D eigenvalue weighted by molar-refractivity contribution is 9.10. The van der Waals surface area contributed by atoms with Crippen LogP contribution in [0.2, 0.25) is 0 Å². The van der Waals surface area contributed by atoms with Crippen LogP contribution in [0.25, 0.3) is 33.5 Å². The molecule has 0 atom stereocenters. The Labute approximate surface area is 214 Å². The number of hydrogen-bond donors (Lipinski definition) is 0. The first-order valence-corrected chi connectivity index (χ1v) is 12.7. The zero-order valence-corrected chi connectivity index (χ0v) is 20.9. The van der Waals surface area contributed by atoms with Gasteiger partial charge in [-0.3, -0.25) is 4.79 Å². The minimum absolute atomic E-state index is 0.243. The Morgan fingerprint density at radius 3 is 2.67 bits per heavy atom. The van der Waals surface area contributed by atoms with Crippen LogP contribution in [0.4, 0.5) is 10.1 Å².